The number of nitrogens with zero attached hydrogens (tertiary/aromatic N) is 1. The molecule has 0 aromatic rings. The number of hydrogen-bond donors (Lipinski definition) is 0. The zero-order chi connectivity index (χ0) is 17.4. The van der Waals surface area contributed by atoms with Gasteiger partial charge in [-0.2, -0.15) is 0 Å². The van der Waals surface area contributed by atoms with Crippen LogP contribution in [0.25, 0.3) is 0 Å². The molecule has 0 heterocycles. The van der Waals surface area contributed by atoms with E-state index in [1.165, 1.54) is 0 Å². The van der Waals surface area contributed by atoms with E-state index in [1.54, 1.807) is 20.8 Å². The summed E-state index contributed by atoms with van der Waals surface area (Å²) in [6, 6.07) is 0. The largest absolute Gasteiger partial charge is 0.314 e. The third-order valence-electron chi connectivity index (χ3n) is 4.33. The monoisotopic (exact) mass is 323 g/mol. The molecule has 0 saturated heterocycles. The molecule has 1 aliphatic carbocycles. The molecule has 0 spiro atoms. The Hall–Kier alpha value is -1.98. The summed E-state index contributed by atoms with van der Waals surface area (Å²) >= 11 is 0. The van der Waals surface area contributed by atoms with Crippen LogP contribution < -0.4 is 0 Å². The van der Waals surface area contributed by atoms with Crippen molar-refractivity contribution in [2.45, 2.75) is 65.7 Å². The molecule has 0 amide bonds. The van der Waals surface area contributed by atoms with Gasteiger partial charge in [0.1, 0.15) is 0 Å². The summed E-state index contributed by atoms with van der Waals surface area (Å²) < 4.78 is 0. The van der Waals surface area contributed by atoms with E-state index in [2.05, 4.69) is 4.84 Å². The van der Waals surface area contributed by atoms with Gasteiger partial charge in [-0.1, -0.05) is 25.7 Å². The van der Waals surface area contributed by atoms with Crippen LogP contribution in [0.15, 0.2) is 22.3 Å². The molecule has 23 heavy (non-hydrogen) atoms. The molecule has 0 fully saturated rings. The van der Waals surface area contributed by atoms with Gasteiger partial charge in [0.25, 0.3) is 5.09 Å². The van der Waals surface area contributed by atoms with Crippen LogP contribution in [0.5, 0.6) is 0 Å². The number of unbranched alkanes of at least 4 members (excludes halogenated alkanes) is 5. The Balaban J connectivity index is 2.25. The van der Waals surface area contributed by atoms with Crippen LogP contribution in [0.3, 0.4) is 0 Å². The maximum Gasteiger partial charge on any atom is 0.294 e. The molecule has 6 heteroatoms. The molecule has 128 valence electrons. The fourth-order valence-electron chi connectivity index (χ4n) is 2.71. The lowest BCUT2D eigenvalue weighted by Crippen LogP contribution is -2.20. The van der Waals surface area contributed by atoms with Gasteiger partial charge < -0.3 is 4.84 Å². The van der Waals surface area contributed by atoms with Crippen molar-refractivity contribution in [1.29, 1.82) is 0 Å². The van der Waals surface area contributed by atoms with Crippen LogP contribution in [0.1, 0.15) is 65.7 Å². The molecule has 1 rings (SSSR count). The van der Waals surface area contributed by atoms with Crippen LogP contribution in [-0.2, 0) is 14.4 Å². The molecule has 0 aromatic carbocycles. The maximum absolute atomic E-state index is 12.2. The van der Waals surface area contributed by atoms with Gasteiger partial charge >= 0.3 is 0 Å². The highest BCUT2D eigenvalue weighted by atomic mass is 16.9. The van der Waals surface area contributed by atoms with E-state index in [1.807, 2.05) is 0 Å². The lowest BCUT2D eigenvalue weighted by atomic mass is 9.84. The number of ketones is 2. The summed E-state index contributed by atoms with van der Waals surface area (Å²) in [5, 5.41) is 9.20. The SMILES string of the molecule is CC1=C(C)C(=O)C(CCCCCCCCO[N+](=O)[O-])=C(C)C1=O. The number of carbonyl (C=O) groups is 2. The summed E-state index contributed by atoms with van der Waals surface area (Å²) in [5.74, 6) is -0.000538. The topological polar surface area (TPSA) is 86.5 Å². The van der Waals surface area contributed by atoms with Crippen molar-refractivity contribution >= 4 is 11.6 Å². The first-order valence-electron chi connectivity index (χ1n) is 8.10. The molecule has 0 bridgehead atoms. The van der Waals surface area contributed by atoms with Gasteiger partial charge in [0.05, 0.1) is 6.61 Å². The summed E-state index contributed by atoms with van der Waals surface area (Å²) in [5.41, 5.74) is 2.39. The average Bonchev–Trinajstić information content (AvgIpc) is 2.52. The van der Waals surface area contributed by atoms with Gasteiger partial charge in [0.15, 0.2) is 11.6 Å². The zero-order valence-corrected chi connectivity index (χ0v) is 14.1. The number of allylic oxidation sites excluding steroid dienone is 4. The van der Waals surface area contributed by atoms with Gasteiger partial charge in [0, 0.05) is 22.3 Å². The van der Waals surface area contributed by atoms with Crippen LogP contribution >= 0.6 is 0 Å². The summed E-state index contributed by atoms with van der Waals surface area (Å²) in [6.45, 7) is 5.31. The van der Waals surface area contributed by atoms with E-state index in [-0.39, 0.29) is 18.2 Å². The molecule has 0 atom stereocenters. The number of Topliss-reactive ketones (excluding diaryl/α,β-unsaturated/α-hetero) is 2. The van der Waals surface area contributed by atoms with Gasteiger partial charge in [-0.25, -0.2) is 0 Å². The molecular weight excluding hydrogens is 298 g/mol. The van der Waals surface area contributed by atoms with Gasteiger partial charge in [-0.05, 0) is 40.0 Å². The van der Waals surface area contributed by atoms with E-state index in [0.717, 1.165) is 32.1 Å². The van der Waals surface area contributed by atoms with Crippen LogP contribution in [0.2, 0.25) is 0 Å². The van der Waals surface area contributed by atoms with Gasteiger partial charge in [0.2, 0.25) is 0 Å². The van der Waals surface area contributed by atoms with Crippen LogP contribution in [-0.4, -0.2) is 23.3 Å². The Bertz CT molecular complexity index is 545. The number of rotatable bonds is 10. The first kappa shape index (κ1) is 19.1. The standard InChI is InChI=1S/C17H25NO5/c1-12-13(2)17(20)15(14(3)16(12)19)10-8-6-4-5-7-9-11-23-18(21)22/h4-11H2,1-3H3. The Kier molecular flexibility index (Phi) is 7.65. The van der Waals surface area contributed by atoms with Crippen LogP contribution in [0.4, 0.5) is 0 Å². The maximum atomic E-state index is 12.2. The second-order valence-electron chi connectivity index (χ2n) is 5.94. The van der Waals surface area contributed by atoms with E-state index < -0.39 is 5.09 Å². The smallest absolute Gasteiger partial charge is 0.294 e. The molecule has 0 aromatic heterocycles. The van der Waals surface area contributed by atoms with Crippen molar-refractivity contribution in [2.75, 3.05) is 6.61 Å². The fraction of sp³-hybridized carbons (Fsp3) is 0.647. The summed E-state index contributed by atoms with van der Waals surface area (Å²) in [4.78, 5) is 38.5. The zero-order valence-electron chi connectivity index (χ0n) is 14.1. The summed E-state index contributed by atoms with van der Waals surface area (Å²) in [6.07, 6.45) is 6.09. The van der Waals surface area contributed by atoms with Gasteiger partial charge in [-0.15, -0.1) is 10.1 Å². The highest BCUT2D eigenvalue weighted by Crippen LogP contribution is 2.27. The van der Waals surface area contributed by atoms with Crippen molar-refractivity contribution in [3.63, 3.8) is 0 Å². The van der Waals surface area contributed by atoms with Gasteiger partial charge in [-0.3, -0.25) is 9.59 Å². The first-order valence-corrected chi connectivity index (χ1v) is 8.10. The Labute approximate surface area is 136 Å². The lowest BCUT2D eigenvalue weighted by molar-refractivity contribution is -0.757. The number of carbonyl (C=O) groups excluding carboxylic acids is 2. The molecule has 0 radical (unpaired) electrons. The lowest BCUT2D eigenvalue weighted by Gasteiger charge is -2.18. The molecule has 0 N–H and O–H groups in total. The second kappa shape index (κ2) is 9.22. The quantitative estimate of drug-likeness (QED) is 0.264. The highest BCUT2D eigenvalue weighted by molar-refractivity contribution is 6.24. The average molecular weight is 323 g/mol. The van der Waals surface area contributed by atoms with E-state index in [4.69, 9.17) is 0 Å². The Morgan fingerprint density at radius 2 is 1.35 bits per heavy atom. The van der Waals surface area contributed by atoms with Crippen molar-refractivity contribution in [3.05, 3.63) is 32.4 Å². The van der Waals surface area contributed by atoms with E-state index in [9.17, 15) is 19.7 Å². The molecular formula is C17H25NO5. The molecule has 1 aliphatic rings. The predicted octanol–water partition coefficient (Wildman–Crippen LogP) is 3.73. The van der Waals surface area contributed by atoms with Crippen molar-refractivity contribution in [3.8, 4) is 0 Å². The second-order valence-corrected chi connectivity index (χ2v) is 5.94. The Morgan fingerprint density at radius 3 is 1.96 bits per heavy atom. The fourth-order valence-corrected chi connectivity index (χ4v) is 2.71. The molecule has 0 aliphatic heterocycles. The van der Waals surface area contributed by atoms with Crippen molar-refractivity contribution in [1.82, 2.24) is 0 Å². The molecule has 0 unspecified atom stereocenters. The Morgan fingerprint density at radius 1 is 0.826 bits per heavy atom. The third-order valence-corrected chi connectivity index (χ3v) is 4.33. The molecule has 0 saturated carbocycles. The number of hydrogen-bond acceptors (Lipinski definition) is 5. The highest BCUT2D eigenvalue weighted by Gasteiger charge is 2.26. The third kappa shape index (κ3) is 5.62. The first-order chi connectivity index (χ1) is 10.9. The summed E-state index contributed by atoms with van der Waals surface area (Å²) in [7, 11) is 0. The molecule has 6 nitrogen and oxygen atoms in total. The predicted molar refractivity (Wildman–Crippen MR) is 86.4 cm³/mol. The minimum Gasteiger partial charge on any atom is -0.314 e. The minimum absolute atomic E-state index is 0.0107. The minimum atomic E-state index is -0.767. The van der Waals surface area contributed by atoms with Crippen molar-refractivity contribution in [2.24, 2.45) is 0 Å². The van der Waals surface area contributed by atoms with E-state index >= 15 is 0 Å². The normalized spacial score (nSPS) is 15.4. The van der Waals surface area contributed by atoms with E-state index in [0.29, 0.717) is 35.1 Å². The van der Waals surface area contributed by atoms with Crippen molar-refractivity contribution < 1.29 is 19.5 Å². The van der Waals surface area contributed by atoms with Crippen LogP contribution in [0, 0.1) is 10.1 Å².